The smallest absolute Gasteiger partial charge is 0.358 e. The number of amides is 1. The van der Waals surface area contributed by atoms with Crippen LogP contribution in [0, 0.1) is 0 Å². The van der Waals surface area contributed by atoms with Crippen LogP contribution in [0.15, 0.2) is 22.9 Å². The molecule has 0 aromatic carbocycles. The monoisotopic (exact) mass is 327 g/mol. The Morgan fingerprint density at radius 2 is 2.32 bits per heavy atom. The van der Waals surface area contributed by atoms with Crippen molar-refractivity contribution in [1.29, 1.82) is 0 Å². The second-order valence-electron chi connectivity index (χ2n) is 3.66. The number of hydrogen-bond acceptors (Lipinski definition) is 4. The van der Waals surface area contributed by atoms with Gasteiger partial charge in [0.05, 0.1) is 12.7 Å². The number of hydrogen-bond donors (Lipinski definition) is 3. The Bertz CT molecular complexity index is 606. The molecule has 0 saturated carbocycles. The molecular formula is C10H10BrN5O3. The van der Waals surface area contributed by atoms with E-state index in [4.69, 9.17) is 5.11 Å². The van der Waals surface area contributed by atoms with Gasteiger partial charge in [-0.15, -0.1) is 5.10 Å². The van der Waals surface area contributed by atoms with Gasteiger partial charge in [0.15, 0.2) is 5.69 Å². The molecule has 2 rings (SSSR count). The van der Waals surface area contributed by atoms with Crippen LogP contribution >= 0.6 is 15.9 Å². The van der Waals surface area contributed by atoms with Gasteiger partial charge in [0.1, 0.15) is 5.69 Å². The van der Waals surface area contributed by atoms with Gasteiger partial charge in [-0.05, 0) is 22.0 Å². The van der Waals surface area contributed by atoms with E-state index in [-0.39, 0.29) is 11.6 Å². The van der Waals surface area contributed by atoms with Crippen molar-refractivity contribution in [2.24, 2.45) is 0 Å². The third-order valence-corrected chi connectivity index (χ3v) is 2.73. The van der Waals surface area contributed by atoms with Gasteiger partial charge in [0, 0.05) is 17.2 Å². The van der Waals surface area contributed by atoms with E-state index in [9.17, 15) is 9.59 Å². The van der Waals surface area contributed by atoms with Crippen molar-refractivity contribution >= 4 is 27.8 Å². The molecule has 9 heteroatoms. The molecule has 0 fully saturated rings. The summed E-state index contributed by atoms with van der Waals surface area (Å²) >= 11 is 3.23. The Kier molecular flexibility index (Phi) is 3.95. The molecule has 0 saturated heterocycles. The van der Waals surface area contributed by atoms with Gasteiger partial charge < -0.3 is 15.4 Å². The van der Waals surface area contributed by atoms with Crippen molar-refractivity contribution in [2.75, 3.05) is 6.54 Å². The molecule has 0 radical (unpaired) electrons. The first-order chi connectivity index (χ1) is 9.06. The molecule has 1 amide bonds. The summed E-state index contributed by atoms with van der Waals surface area (Å²) in [5, 5.41) is 18.4. The normalized spacial score (nSPS) is 10.4. The van der Waals surface area contributed by atoms with Gasteiger partial charge in [-0.25, -0.2) is 9.48 Å². The summed E-state index contributed by atoms with van der Waals surface area (Å²) in [6, 6.07) is 1.66. The number of carboxylic acid groups (broad SMARTS) is 1. The zero-order valence-electron chi connectivity index (χ0n) is 9.63. The van der Waals surface area contributed by atoms with Crippen LogP contribution in [0.25, 0.3) is 0 Å². The fourth-order valence-corrected chi connectivity index (χ4v) is 1.73. The number of nitrogens with one attached hydrogen (secondary N) is 2. The lowest BCUT2D eigenvalue weighted by molar-refractivity contribution is 0.0690. The summed E-state index contributed by atoms with van der Waals surface area (Å²) in [5.41, 5.74) is 0.316. The molecule has 2 heterocycles. The Morgan fingerprint density at radius 3 is 2.89 bits per heavy atom. The van der Waals surface area contributed by atoms with Crippen molar-refractivity contribution in [3.05, 3.63) is 34.3 Å². The van der Waals surface area contributed by atoms with Gasteiger partial charge in [-0.1, -0.05) is 5.21 Å². The third kappa shape index (κ3) is 3.41. The van der Waals surface area contributed by atoms with E-state index in [0.717, 1.165) is 4.47 Å². The van der Waals surface area contributed by atoms with E-state index in [1.165, 1.54) is 10.9 Å². The molecular weight excluding hydrogens is 318 g/mol. The van der Waals surface area contributed by atoms with E-state index in [2.05, 4.69) is 36.5 Å². The van der Waals surface area contributed by atoms with E-state index in [0.29, 0.717) is 18.8 Å². The number of aromatic nitrogens is 4. The molecule has 0 aliphatic rings. The number of carboxylic acids is 1. The lowest BCUT2D eigenvalue weighted by Gasteiger charge is -2.03. The van der Waals surface area contributed by atoms with E-state index in [1.54, 1.807) is 12.3 Å². The molecule has 8 nitrogen and oxygen atoms in total. The number of aromatic amines is 1. The minimum absolute atomic E-state index is 0.125. The number of H-pyrrole nitrogens is 1. The molecule has 0 atom stereocenters. The summed E-state index contributed by atoms with van der Waals surface area (Å²) in [5.74, 6) is -1.38. The topological polar surface area (TPSA) is 113 Å². The molecule has 0 spiro atoms. The average Bonchev–Trinajstić information content (AvgIpc) is 2.98. The molecule has 19 heavy (non-hydrogen) atoms. The number of carbonyl (C=O) groups excluding carboxylic acids is 1. The molecule has 0 unspecified atom stereocenters. The molecule has 3 N–H and O–H groups in total. The Balaban J connectivity index is 1.83. The minimum atomic E-state index is -1.13. The zero-order chi connectivity index (χ0) is 13.8. The number of aromatic carboxylic acids is 1. The van der Waals surface area contributed by atoms with Gasteiger partial charge in [0.25, 0.3) is 5.91 Å². The minimum Gasteiger partial charge on any atom is -0.476 e. The molecule has 2 aromatic heterocycles. The highest BCUT2D eigenvalue weighted by Gasteiger charge is 2.09. The fourth-order valence-electron chi connectivity index (χ4n) is 1.38. The van der Waals surface area contributed by atoms with Crippen LogP contribution < -0.4 is 5.32 Å². The van der Waals surface area contributed by atoms with Gasteiger partial charge in [-0.2, -0.15) is 0 Å². The van der Waals surface area contributed by atoms with E-state index in [1.807, 2.05) is 0 Å². The lowest BCUT2D eigenvalue weighted by atomic mass is 10.4. The van der Waals surface area contributed by atoms with Crippen LogP contribution in [0.3, 0.4) is 0 Å². The van der Waals surface area contributed by atoms with E-state index >= 15 is 0 Å². The fraction of sp³-hybridized carbons (Fsp3) is 0.200. The van der Waals surface area contributed by atoms with Gasteiger partial charge in [0.2, 0.25) is 0 Å². The molecule has 0 aliphatic carbocycles. The summed E-state index contributed by atoms with van der Waals surface area (Å²) in [4.78, 5) is 25.1. The summed E-state index contributed by atoms with van der Waals surface area (Å²) in [7, 11) is 0. The Morgan fingerprint density at radius 1 is 1.53 bits per heavy atom. The first-order valence-corrected chi connectivity index (χ1v) is 6.11. The van der Waals surface area contributed by atoms with Crippen molar-refractivity contribution in [3.63, 3.8) is 0 Å². The van der Waals surface area contributed by atoms with Crippen molar-refractivity contribution < 1.29 is 14.7 Å². The Labute approximate surface area is 115 Å². The predicted octanol–water partition coefficient (Wildman–Crippen LogP) is 0.497. The second-order valence-corrected chi connectivity index (χ2v) is 4.58. The quantitative estimate of drug-likeness (QED) is 0.740. The second kappa shape index (κ2) is 5.65. The highest BCUT2D eigenvalue weighted by atomic mass is 79.9. The lowest BCUT2D eigenvalue weighted by Crippen LogP contribution is -2.27. The van der Waals surface area contributed by atoms with Crippen LogP contribution in [0.5, 0.6) is 0 Å². The first-order valence-electron chi connectivity index (χ1n) is 5.32. The Hall–Kier alpha value is -2.16. The number of carbonyl (C=O) groups is 2. The maximum Gasteiger partial charge on any atom is 0.358 e. The van der Waals surface area contributed by atoms with Crippen molar-refractivity contribution in [1.82, 2.24) is 25.3 Å². The van der Waals surface area contributed by atoms with Crippen LogP contribution in [-0.4, -0.2) is 43.5 Å². The highest BCUT2D eigenvalue weighted by molar-refractivity contribution is 9.10. The number of rotatable bonds is 5. The number of halogens is 1. The standard InChI is InChI=1S/C10H10BrN5O3/c11-6-3-7(13-4-6)9(17)12-1-2-16-5-8(10(18)19)14-15-16/h3-5,13H,1-2H2,(H,12,17)(H,18,19). The number of nitrogens with zero attached hydrogens (tertiary/aromatic N) is 3. The third-order valence-electron chi connectivity index (χ3n) is 2.28. The summed E-state index contributed by atoms with van der Waals surface area (Å²) in [6.07, 6.45) is 2.96. The first kappa shape index (κ1) is 13.3. The maximum absolute atomic E-state index is 11.7. The highest BCUT2D eigenvalue weighted by Crippen LogP contribution is 2.10. The molecule has 100 valence electrons. The molecule has 0 bridgehead atoms. The van der Waals surface area contributed by atoms with Crippen molar-refractivity contribution in [3.8, 4) is 0 Å². The van der Waals surface area contributed by atoms with Crippen LogP contribution in [0.2, 0.25) is 0 Å². The van der Waals surface area contributed by atoms with Crippen molar-refractivity contribution in [2.45, 2.75) is 6.54 Å². The maximum atomic E-state index is 11.7. The largest absolute Gasteiger partial charge is 0.476 e. The van der Waals surface area contributed by atoms with Crippen LogP contribution in [0.4, 0.5) is 0 Å². The SMILES string of the molecule is O=C(O)c1cn(CCNC(=O)c2cc(Br)c[nH]2)nn1. The average molecular weight is 328 g/mol. The molecule has 0 aliphatic heterocycles. The zero-order valence-corrected chi connectivity index (χ0v) is 11.2. The predicted molar refractivity (Wildman–Crippen MR) is 67.8 cm³/mol. The van der Waals surface area contributed by atoms with Crippen LogP contribution in [-0.2, 0) is 6.54 Å². The van der Waals surface area contributed by atoms with E-state index < -0.39 is 5.97 Å². The van der Waals surface area contributed by atoms with Crippen LogP contribution in [0.1, 0.15) is 21.0 Å². The summed E-state index contributed by atoms with van der Waals surface area (Å²) in [6.45, 7) is 0.659. The molecule has 2 aromatic rings. The summed E-state index contributed by atoms with van der Waals surface area (Å²) < 4.78 is 2.15. The van der Waals surface area contributed by atoms with Gasteiger partial charge in [-0.3, -0.25) is 4.79 Å². The van der Waals surface area contributed by atoms with Gasteiger partial charge >= 0.3 is 5.97 Å².